The van der Waals surface area contributed by atoms with Crippen LogP contribution in [-0.2, 0) is 13.3 Å². The standard InChI is InChI=1S/C25H23F2N7O3/c1-14(20-4-2-3-15(9-26)23(20)27)30-24(36)21-8-17(13-35)25(37)34(31-21)19-7-16(10-28-11-19)22-12-29-32-33(22)18-5-6-18/h2-4,7-8,10-12,14,18,35H,5-6,9,13H2,1H3,(H,30,36)/t14-/m1/s1. The molecule has 0 radical (unpaired) electrons. The summed E-state index contributed by atoms with van der Waals surface area (Å²) in [5.41, 5.74) is 0.788. The number of amides is 1. The van der Waals surface area contributed by atoms with Gasteiger partial charge >= 0.3 is 0 Å². The zero-order chi connectivity index (χ0) is 26.1. The number of nitrogens with one attached hydrogen (secondary N) is 1. The van der Waals surface area contributed by atoms with Crippen molar-refractivity contribution in [3.05, 3.63) is 87.5 Å². The van der Waals surface area contributed by atoms with Gasteiger partial charge in [-0.3, -0.25) is 14.6 Å². The van der Waals surface area contributed by atoms with Crippen LogP contribution in [0.25, 0.3) is 16.9 Å². The van der Waals surface area contributed by atoms with Crippen LogP contribution in [-0.4, -0.2) is 40.8 Å². The summed E-state index contributed by atoms with van der Waals surface area (Å²) in [5, 5.41) is 24.7. The normalized spacial score (nSPS) is 13.9. The average Bonchev–Trinajstić information content (AvgIpc) is 3.64. The van der Waals surface area contributed by atoms with Crippen LogP contribution < -0.4 is 10.9 Å². The molecular weight excluding hydrogens is 484 g/mol. The third-order valence-corrected chi connectivity index (χ3v) is 6.19. The van der Waals surface area contributed by atoms with Crippen molar-refractivity contribution in [3.63, 3.8) is 0 Å². The van der Waals surface area contributed by atoms with Crippen LogP contribution in [0.2, 0.25) is 0 Å². The number of carbonyl (C=O) groups is 1. The molecule has 190 valence electrons. The zero-order valence-corrected chi connectivity index (χ0v) is 19.8. The van der Waals surface area contributed by atoms with E-state index in [1.165, 1.54) is 30.5 Å². The molecule has 0 unspecified atom stereocenters. The third kappa shape index (κ3) is 4.75. The predicted molar refractivity (Wildman–Crippen MR) is 128 cm³/mol. The number of hydrogen-bond acceptors (Lipinski definition) is 7. The fourth-order valence-electron chi connectivity index (χ4n) is 4.05. The highest BCUT2D eigenvalue weighted by Gasteiger charge is 2.27. The first-order valence-electron chi connectivity index (χ1n) is 11.7. The van der Waals surface area contributed by atoms with Crippen molar-refractivity contribution in [1.29, 1.82) is 0 Å². The Morgan fingerprint density at radius 2 is 2.03 bits per heavy atom. The lowest BCUT2D eigenvalue weighted by Gasteiger charge is -2.17. The van der Waals surface area contributed by atoms with E-state index < -0.39 is 36.6 Å². The summed E-state index contributed by atoms with van der Waals surface area (Å²) in [4.78, 5) is 30.2. The Hall–Kier alpha value is -4.32. The molecule has 0 spiro atoms. The number of rotatable bonds is 8. The molecule has 12 heteroatoms. The fourth-order valence-corrected chi connectivity index (χ4v) is 4.05. The Morgan fingerprint density at radius 1 is 1.22 bits per heavy atom. The van der Waals surface area contributed by atoms with Crippen LogP contribution in [0.1, 0.15) is 59.0 Å². The molecule has 2 N–H and O–H groups in total. The lowest BCUT2D eigenvalue weighted by atomic mass is 10.0. The van der Waals surface area contributed by atoms with Crippen molar-refractivity contribution >= 4 is 5.91 Å². The van der Waals surface area contributed by atoms with Crippen LogP contribution in [0, 0.1) is 5.82 Å². The second-order valence-electron chi connectivity index (χ2n) is 8.81. The molecule has 1 aliphatic carbocycles. The molecule has 3 aromatic heterocycles. The molecule has 3 heterocycles. The van der Waals surface area contributed by atoms with E-state index in [9.17, 15) is 23.5 Å². The Morgan fingerprint density at radius 3 is 2.76 bits per heavy atom. The van der Waals surface area contributed by atoms with Gasteiger partial charge in [0.25, 0.3) is 11.5 Å². The first-order valence-corrected chi connectivity index (χ1v) is 11.7. The molecule has 37 heavy (non-hydrogen) atoms. The molecule has 1 fully saturated rings. The highest BCUT2D eigenvalue weighted by atomic mass is 19.1. The summed E-state index contributed by atoms with van der Waals surface area (Å²) in [7, 11) is 0. The molecular formula is C25H23F2N7O3. The van der Waals surface area contributed by atoms with Crippen LogP contribution in [0.3, 0.4) is 0 Å². The number of hydrogen-bond donors (Lipinski definition) is 2. The van der Waals surface area contributed by atoms with Crippen LogP contribution in [0.5, 0.6) is 0 Å². The molecule has 0 bridgehead atoms. The van der Waals surface area contributed by atoms with E-state index in [2.05, 4.69) is 25.7 Å². The van der Waals surface area contributed by atoms with Crippen LogP contribution in [0.4, 0.5) is 8.78 Å². The lowest BCUT2D eigenvalue weighted by molar-refractivity contribution is 0.0932. The van der Waals surface area contributed by atoms with Gasteiger partial charge in [0.05, 0.1) is 42.5 Å². The first-order chi connectivity index (χ1) is 17.9. The maximum absolute atomic E-state index is 14.6. The Kier molecular flexibility index (Phi) is 6.57. The second kappa shape index (κ2) is 9.97. The summed E-state index contributed by atoms with van der Waals surface area (Å²) < 4.78 is 30.4. The molecule has 1 aromatic carbocycles. The molecule has 1 amide bonds. The number of carbonyl (C=O) groups excluding carboxylic acids is 1. The largest absolute Gasteiger partial charge is 0.391 e. The van der Waals surface area contributed by atoms with Crippen molar-refractivity contribution in [2.45, 2.75) is 45.1 Å². The minimum absolute atomic E-state index is 0.0616. The Bertz CT molecular complexity index is 1530. The quantitative estimate of drug-likeness (QED) is 0.375. The van der Waals surface area contributed by atoms with Crippen molar-refractivity contribution in [3.8, 4) is 16.9 Å². The molecule has 4 aromatic rings. The van der Waals surface area contributed by atoms with Crippen molar-refractivity contribution in [2.24, 2.45) is 0 Å². The number of aromatic nitrogens is 6. The highest BCUT2D eigenvalue weighted by molar-refractivity contribution is 5.92. The van der Waals surface area contributed by atoms with E-state index in [1.807, 2.05) is 0 Å². The molecule has 1 aliphatic rings. The predicted octanol–water partition coefficient (Wildman–Crippen LogP) is 2.81. The van der Waals surface area contributed by atoms with Crippen molar-refractivity contribution < 1.29 is 18.7 Å². The maximum Gasteiger partial charge on any atom is 0.277 e. The third-order valence-electron chi connectivity index (χ3n) is 6.19. The number of aliphatic hydroxyl groups excluding tert-OH is 1. The summed E-state index contributed by atoms with van der Waals surface area (Å²) in [5.74, 6) is -1.45. The van der Waals surface area contributed by atoms with E-state index in [0.717, 1.165) is 23.2 Å². The molecule has 5 rings (SSSR count). The zero-order valence-electron chi connectivity index (χ0n) is 19.8. The van der Waals surface area contributed by atoms with Gasteiger partial charge in [-0.25, -0.2) is 13.5 Å². The Balaban J connectivity index is 1.48. The monoisotopic (exact) mass is 507 g/mol. The smallest absolute Gasteiger partial charge is 0.277 e. The van der Waals surface area contributed by atoms with E-state index >= 15 is 0 Å². The first kappa shape index (κ1) is 24.4. The van der Waals surface area contributed by atoms with E-state index in [0.29, 0.717) is 5.56 Å². The van der Waals surface area contributed by atoms with Gasteiger partial charge in [-0.05, 0) is 31.9 Å². The molecule has 1 atom stereocenters. The maximum atomic E-state index is 14.6. The second-order valence-corrected chi connectivity index (χ2v) is 8.81. The fraction of sp³-hybridized carbons (Fsp3) is 0.280. The van der Waals surface area contributed by atoms with Gasteiger partial charge in [-0.1, -0.05) is 23.4 Å². The Labute approximate surface area is 209 Å². The number of aliphatic hydroxyl groups is 1. The summed E-state index contributed by atoms with van der Waals surface area (Å²) >= 11 is 0. The average molecular weight is 508 g/mol. The van der Waals surface area contributed by atoms with Gasteiger partial charge < -0.3 is 10.4 Å². The molecule has 0 saturated heterocycles. The SMILES string of the molecule is C[C@@H](NC(=O)c1cc(CO)c(=O)n(-c2cncc(-c3cnnn3C3CC3)c2)n1)c1cccc(CF)c1F. The minimum atomic E-state index is -0.975. The van der Waals surface area contributed by atoms with Crippen molar-refractivity contribution in [1.82, 2.24) is 35.1 Å². The van der Waals surface area contributed by atoms with E-state index in [4.69, 9.17) is 0 Å². The van der Waals surface area contributed by atoms with Gasteiger partial charge in [0, 0.05) is 28.5 Å². The summed E-state index contributed by atoms with van der Waals surface area (Å²) in [6.45, 7) is -0.0566. The lowest BCUT2D eigenvalue weighted by Crippen LogP contribution is -2.33. The van der Waals surface area contributed by atoms with Gasteiger partial charge in [0.2, 0.25) is 0 Å². The topological polar surface area (TPSA) is 128 Å². The molecule has 1 saturated carbocycles. The van der Waals surface area contributed by atoms with Gasteiger partial charge in [-0.2, -0.15) is 9.78 Å². The number of nitrogens with zero attached hydrogens (tertiary/aromatic N) is 6. The molecule has 0 aliphatic heterocycles. The number of alkyl halides is 1. The number of halogens is 2. The van der Waals surface area contributed by atoms with E-state index in [1.54, 1.807) is 30.1 Å². The number of pyridine rings is 1. The van der Waals surface area contributed by atoms with Gasteiger partial charge in [-0.15, -0.1) is 5.10 Å². The molecule has 10 nitrogen and oxygen atoms in total. The van der Waals surface area contributed by atoms with E-state index in [-0.39, 0.29) is 34.1 Å². The van der Waals surface area contributed by atoms with Crippen LogP contribution >= 0.6 is 0 Å². The number of benzene rings is 1. The van der Waals surface area contributed by atoms with Crippen molar-refractivity contribution in [2.75, 3.05) is 0 Å². The summed E-state index contributed by atoms with van der Waals surface area (Å²) in [6.07, 6.45) is 6.63. The van der Waals surface area contributed by atoms with Gasteiger partial charge in [0.1, 0.15) is 18.2 Å². The highest BCUT2D eigenvalue weighted by Crippen LogP contribution is 2.37. The van der Waals surface area contributed by atoms with Crippen LogP contribution in [0.15, 0.2) is 53.7 Å². The minimum Gasteiger partial charge on any atom is -0.391 e. The van der Waals surface area contributed by atoms with Gasteiger partial charge in [0.15, 0.2) is 0 Å². The summed E-state index contributed by atoms with van der Waals surface area (Å²) in [6, 6.07) is 6.58.